The molecule has 30 heavy (non-hydrogen) atoms. The van der Waals surface area contributed by atoms with E-state index in [2.05, 4.69) is 6.92 Å². The number of hydrogen-bond donors (Lipinski definition) is 1. The van der Waals surface area contributed by atoms with Crippen molar-refractivity contribution in [2.45, 2.75) is 32.7 Å². The second kappa shape index (κ2) is 9.03. The Morgan fingerprint density at radius 3 is 2.30 bits per heavy atom. The van der Waals surface area contributed by atoms with Crippen LogP contribution in [0, 0.1) is 0 Å². The molecule has 1 amide bonds. The number of carbonyl (C=O) groups excluding carboxylic acids is 2. The fourth-order valence-electron chi connectivity index (χ4n) is 3.78. The van der Waals surface area contributed by atoms with Crippen LogP contribution >= 0.6 is 0 Å². The summed E-state index contributed by atoms with van der Waals surface area (Å²) in [7, 11) is 3.00. The van der Waals surface area contributed by atoms with Gasteiger partial charge in [0.15, 0.2) is 0 Å². The van der Waals surface area contributed by atoms with Crippen molar-refractivity contribution in [2.24, 2.45) is 0 Å². The maximum Gasteiger partial charge on any atom is 0.295 e. The lowest BCUT2D eigenvalue weighted by molar-refractivity contribution is -0.139. The summed E-state index contributed by atoms with van der Waals surface area (Å²) in [4.78, 5) is 27.3. The van der Waals surface area contributed by atoms with Crippen LogP contribution in [0.15, 0.2) is 48.0 Å². The van der Waals surface area contributed by atoms with Gasteiger partial charge >= 0.3 is 0 Å². The van der Waals surface area contributed by atoms with E-state index in [1.165, 1.54) is 19.1 Å². The van der Waals surface area contributed by atoms with E-state index in [4.69, 9.17) is 9.47 Å². The van der Waals surface area contributed by atoms with Gasteiger partial charge in [-0.3, -0.25) is 9.59 Å². The van der Waals surface area contributed by atoms with Crippen LogP contribution in [0.3, 0.4) is 0 Å². The SMILES string of the molecule is CCCN1C(=O)C(=O)/C(=C(/O)c2cc(OC)ccc2OC)C1c1ccc(CC)cc1. The highest BCUT2D eigenvalue weighted by Crippen LogP contribution is 2.41. The molecule has 1 fully saturated rings. The van der Waals surface area contributed by atoms with Gasteiger partial charge in [0.05, 0.1) is 31.4 Å². The minimum atomic E-state index is -0.699. The maximum absolute atomic E-state index is 13.0. The number of methoxy groups -OCH3 is 2. The van der Waals surface area contributed by atoms with Crippen molar-refractivity contribution in [1.29, 1.82) is 0 Å². The van der Waals surface area contributed by atoms with Crippen LogP contribution in [0.25, 0.3) is 5.76 Å². The summed E-state index contributed by atoms with van der Waals surface area (Å²) in [5.74, 6) is -0.688. The van der Waals surface area contributed by atoms with E-state index in [0.717, 1.165) is 17.5 Å². The summed E-state index contributed by atoms with van der Waals surface area (Å²) < 4.78 is 10.6. The first kappa shape index (κ1) is 21.4. The zero-order chi connectivity index (χ0) is 21.8. The van der Waals surface area contributed by atoms with Gasteiger partial charge in [-0.1, -0.05) is 38.1 Å². The summed E-state index contributed by atoms with van der Waals surface area (Å²) in [6, 6.07) is 12.1. The van der Waals surface area contributed by atoms with Crippen molar-refractivity contribution in [3.05, 3.63) is 64.7 Å². The fourth-order valence-corrected chi connectivity index (χ4v) is 3.78. The Morgan fingerprint density at radius 2 is 1.73 bits per heavy atom. The minimum Gasteiger partial charge on any atom is -0.507 e. The maximum atomic E-state index is 13.0. The van der Waals surface area contributed by atoms with E-state index in [9.17, 15) is 14.7 Å². The molecule has 2 aromatic carbocycles. The molecule has 1 aliphatic rings. The Kier molecular flexibility index (Phi) is 6.45. The van der Waals surface area contributed by atoms with Crippen molar-refractivity contribution in [3.8, 4) is 11.5 Å². The highest BCUT2D eigenvalue weighted by atomic mass is 16.5. The molecule has 0 radical (unpaired) electrons. The third-order valence-electron chi connectivity index (χ3n) is 5.37. The van der Waals surface area contributed by atoms with Gasteiger partial charge in [-0.2, -0.15) is 0 Å². The number of nitrogens with zero attached hydrogens (tertiary/aromatic N) is 1. The molecule has 1 heterocycles. The molecule has 0 saturated carbocycles. The number of Topliss-reactive ketones (excluding diaryl/α,β-unsaturated/α-hetero) is 1. The van der Waals surface area contributed by atoms with Crippen molar-refractivity contribution in [1.82, 2.24) is 4.90 Å². The van der Waals surface area contributed by atoms with Crippen LogP contribution in [0.1, 0.15) is 43.0 Å². The van der Waals surface area contributed by atoms with Crippen LogP contribution in [0.5, 0.6) is 11.5 Å². The summed E-state index contributed by atoms with van der Waals surface area (Å²) in [6.07, 6.45) is 1.58. The first-order chi connectivity index (χ1) is 14.5. The van der Waals surface area contributed by atoms with Crippen LogP contribution in [0.2, 0.25) is 0 Å². The molecular weight excluding hydrogens is 382 g/mol. The monoisotopic (exact) mass is 409 g/mol. The molecule has 2 aromatic rings. The van der Waals surface area contributed by atoms with Crippen LogP contribution in [0.4, 0.5) is 0 Å². The average molecular weight is 409 g/mol. The summed E-state index contributed by atoms with van der Waals surface area (Å²) >= 11 is 0. The predicted octanol–water partition coefficient (Wildman–Crippen LogP) is 4.10. The first-order valence-corrected chi connectivity index (χ1v) is 10.1. The fraction of sp³-hybridized carbons (Fsp3) is 0.333. The van der Waals surface area contributed by atoms with E-state index >= 15 is 0 Å². The standard InChI is InChI=1S/C24H27NO5/c1-5-13-25-21(16-9-7-15(6-2)8-10-16)20(23(27)24(25)28)22(26)18-14-17(29-3)11-12-19(18)30-4/h7-12,14,21,26H,5-6,13H2,1-4H3/b22-20+. The second-order valence-corrected chi connectivity index (χ2v) is 7.15. The van der Waals surface area contributed by atoms with E-state index in [1.54, 1.807) is 18.2 Å². The molecule has 3 rings (SSSR count). The third-order valence-corrected chi connectivity index (χ3v) is 5.37. The summed E-state index contributed by atoms with van der Waals surface area (Å²) in [5.41, 5.74) is 2.30. The van der Waals surface area contributed by atoms with E-state index < -0.39 is 17.7 Å². The Labute approximate surface area is 176 Å². The average Bonchev–Trinajstić information content (AvgIpc) is 3.03. The molecule has 0 bridgehead atoms. The number of hydrogen-bond acceptors (Lipinski definition) is 5. The highest BCUT2D eigenvalue weighted by Gasteiger charge is 2.45. The molecule has 158 valence electrons. The molecule has 1 unspecified atom stereocenters. The summed E-state index contributed by atoms with van der Waals surface area (Å²) in [5, 5.41) is 11.2. The molecule has 1 saturated heterocycles. The number of amides is 1. The second-order valence-electron chi connectivity index (χ2n) is 7.15. The quantitative estimate of drug-likeness (QED) is 0.423. The van der Waals surface area contributed by atoms with E-state index in [0.29, 0.717) is 30.0 Å². The molecule has 1 atom stereocenters. The van der Waals surface area contributed by atoms with E-state index in [-0.39, 0.29) is 11.3 Å². The van der Waals surface area contributed by atoms with Gasteiger partial charge in [-0.25, -0.2) is 0 Å². The van der Waals surface area contributed by atoms with Crippen molar-refractivity contribution in [3.63, 3.8) is 0 Å². The Morgan fingerprint density at radius 1 is 1.03 bits per heavy atom. The molecule has 6 heteroatoms. The lowest BCUT2D eigenvalue weighted by Crippen LogP contribution is -2.30. The Balaban J connectivity index is 2.22. The van der Waals surface area contributed by atoms with Crippen molar-refractivity contribution < 1.29 is 24.2 Å². The molecular formula is C24H27NO5. The molecule has 0 spiro atoms. The number of carbonyl (C=O) groups is 2. The smallest absolute Gasteiger partial charge is 0.295 e. The topological polar surface area (TPSA) is 76.1 Å². The molecule has 1 aliphatic heterocycles. The van der Waals surface area contributed by atoms with Gasteiger partial charge in [0.25, 0.3) is 11.7 Å². The van der Waals surface area contributed by atoms with Crippen molar-refractivity contribution in [2.75, 3.05) is 20.8 Å². The van der Waals surface area contributed by atoms with Crippen LogP contribution in [-0.2, 0) is 16.0 Å². The number of aliphatic hydroxyl groups is 1. The third kappa shape index (κ3) is 3.77. The molecule has 0 aliphatic carbocycles. The van der Waals surface area contributed by atoms with Crippen molar-refractivity contribution >= 4 is 17.4 Å². The van der Waals surface area contributed by atoms with Gasteiger partial charge < -0.3 is 19.5 Å². The minimum absolute atomic E-state index is 0.0595. The zero-order valence-electron chi connectivity index (χ0n) is 17.8. The lowest BCUT2D eigenvalue weighted by Gasteiger charge is -2.25. The first-order valence-electron chi connectivity index (χ1n) is 10.1. The zero-order valence-corrected chi connectivity index (χ0v) is 17.8. The lowest BCUT2D eigenvalue weighted by atomic mass is 9.94. The molecule has 6 nitrogen and oxygen atoms in total. The Hall–Kier alpha value is -3.28. The van der Waals surface area contributed by atoms with Gasteiger partial charge in [0, 0.05) is 6.54 Å². The van der Waals surface area contributed by atoms with E-state index in [1.807, 2.05) is 31.2 Å². The highest BCUT2D eigenvalue weighted by molar-refractivity contribution is 6.46. The summed E-state index contributed by atoms with van der Waals surface area (Å²) in [6.45, 7) is 4.42. The number of benzene rings is 2. The largest absolute Gasteiger partial charge is 0.507 e. The van der Waals surface area contributed by atoms with Gasteiger partial charge in [0.2, 0.25) is 0 Å². The van der Waals surface area contributed by atoms with Gasteiger partial charge in [-0.05, 0) is 42.2 Å². The van der Waals surface area contributed by atoms with Crippen LogP contribution < -0.4 is 9.47 Å². The normalized spacial score (nSPS) is 18.0. The van der Waals surface area contributed by atoms with Gasteiger partial charge in [0.1, 0.15) is 17.3 Å². The number of likely N-dealkylation sites (tertiary alicyclic amines) is 1. The predicted molar refractivity (Wildman–Crippen MR) is 115 cm³/mol. The molecule has 1 N–H and O–H groups in total. The number of aryl methyl sites for hydroxylation is 1. The van der Waals surface area contributed by atoms with Gasteiger partial charge in [-0.15, -0.1) is 0 Å². The number of aliphatic hydroxyl groups excluding tert-OH is 1. The molecule has 0 aromatic heterocycles. The number of ketones is 1. The van der Waals surface area contributed by atoms with Crippen LogP contribution in [-0.4, -0.2) is 42.5 Å². The Bertz CT molecular complexity index is 978. The number of ether oxygens (including phenoxy) is 2. The number of rotatable bonds is 7.